The fourth-order valence-electron chi connectivity index (χ4n) is 4.46. The quantitative estimate of drug-likeness (QED) is 0.750. The number of imidazole rings is 1. The molecule has 1 saturated carbocycles. The summed E-state index contributed by atoms with van der Waals surface area (Å²) < 4.78 is 2.35. The fourth-order valence-corrected chi connectivity index (χ4v) is 4.46. The predicted molar refractivity (Wildman–Crippen MR) is 113 cm³/mol. The zero-order valence-electron chi connectivity index (χ0n) is 17.5. The predicted octanol–water partition coefficient (Wildman–Crippen LogP) is 5.00. The monoisotopic (exact) mass is 379 g/mol. The summed E-state index contributed by atoms with van der Waals surface area (Å²) >= 11 is 0. The van der Waals surface area contributed by atoms with Gasteiger partial charge in [0.25, 0.3) is 5.91 Å². The minimum Gasteiger partial charge on any atom is -0.338 e. The highest BCUT2D eigenvalue weighted by Gasteiger charge is 2.29. The average molecular weight is 380 g/mol. The van der Waals surface area contributed by atoms with Crippen LogP contribution in [0.25, 0.3) is 0 Å². The zero-order valence-corrected chi connectivity index (χ0v) is 17.5. The number of carbonyl (C=O) groups is 1. The Balaban J connectivity index is 1.45. The number of rotatable bonds is 4. The van der Waals surface area contributed by atoms with E-state index < -0.39 is 0 Å². The molecule has 2 aromatic rings. The van der Waals surface area contributed by atoms with Crippen LogP contribution in [-0.2, 0) is 12.0 Å². The van der Waals surface area contributed by atoms with Crippen molar-refractivity contribution in [2.24, 2.45) is 5.92 Å². The van der Waals surface area contributed by atoms with Gasteiger partial charge in [0.1, 0.15) is 5.82 Å². The molecule has 0 radical (unpaired) electrons. The molecule has 1 aromatic carbocycles. The number of piperidine rings is 1. The fraction of sp³-hybridized carbons (Fsp3) is 0.583. The molecule has 2 fully saturated rings. The normalized spacial score (nSPS) is 20.8. The SMILES string of the molecule is CC(C)(C)c1ccc(C(=O)N2CCC[C@H](c3nccn3CC3CCC3)C2)cc1. The Labute approximate surface area is 169 Å². The maximum Gasteiger partial charge on any atom is 0.253 e. The van der Waals surface area contributed by atoms with Crippen molar-refractivity contribution in [1.82, 2.24) is 14.5 Å². The molecule has 1 saturated heterocycles. The van der Waals surface area contributed by atoms with E-state index in [-0.39, 0.29) is 11.3 Å². The van der Waals surface area contributed by atoms with Gasteiger partial charge in [0.05, 0.1) is 0 Å². The molecule has 1 amide bonds. The first-order chi connectivity index (χ1) is 13.4. The summed E-state index contributed by atoms with van der Waals surface area (Å²) in [7, 11) is 0. The number of benzene rings is 1. The summed E-state index contributed by atoms with van der Waals surface area (Å²) in [6.45, 7) is 9.32. The lowest BCUT2D eigenvalue weighted by molar-refractivity contribution is 0.0702. The Hall–Kier alpha value is -2.10. The van der Waals surface area contributed by atoms with Crippen LogP contribution < -0.4 is 0 Å². The standard InChI is InChI=1S/C24H33N3O/c1-24(2,3)21-11-9-19(10-12-21)23(28)27-14-5-8-20(17-27)22-25-13-15-26(22)16-18-6-4-7-18/h9-13,15,18,20H,4-8,14,16-17H2,1-3H3/t20-/m0/s1. The smallest absolute Gasteiger partial charge is 0.253 e. The first-order valence-corrected chi connectivity index (χ1v) is 10.8. The lowest BCUT2D eigenvalue weighted by Crippen LogP contribution is -2.40. The van der Waals surface area contributed by atoms with Crippen LogP contribution in [0, 0.1) is 5.92 Å². The van der Waals surface area contributed by atoms with Crippen molar-refractivity contribution in [2.75, 3.05) is 13.1 Å². The van der Waals surface area contributed by atoms with Crippen LogP contribution in [0.2, 0.25) is 0 Å². The second-order valence-corrected chi connectivity index (χ2v) is 9.65. The molecular formula is C24H33N3O. The number of likely N-dealkylation sites (tertiary alicyclic amines) is 1. The van der Waals surface area contributed by atoms with E-state index in [0.717, 1.165) is 44.0 Å². The molecule has 1 aromatic heterocycles. The Morgan fingerprint density at radius 3 is 2.50 bits per heavy atom. The van der Waals surface area contributed by atoms with E-state index in [0.29, 0.717) is 5.92 Å². The first kappa shape index (κ1) is 19.2. The highest BCUT2D eigenvalue weighted by Crippen LogP contribution is 2.31. The van der Waals surface area contributed by atoms with E-state index in [1.165, 1.54) is 30.7 Å². The first-order valence-electron chi connectivity index (χ1n) is 10.8. The van der Waals surface area contributed by atoms with Crippen molar-refractivity contribution in [1.29, 1.82) is 0 Å². The maximum absolute atomic E-state index is 13.1. The number of carbonyl (C=O) groups excluding carboxylic acids is 1. The lowest BCUT2D eigenvalue weighted by Gasteiger charge is -2.34. The number of aromatic nitrogens is 2. The van der Waals surface area contributed by atoms with Crippen LogP contribution in [0.4, 0.5) is 0 Å². The molecule has 1 aliphatic carbocycles. The van der Waals surface area contributed by atoms with Gasteiger partial charge in [-0.25, -0.2) is 4.98 Å². The maximum atomic E-state index is 13.1. The van der Waals surface area contributed by atoms with Gasteiger partial charge in [-0.2, -0.15) is 0 Å². The number of amides is 1. The molecule has 2 heterocycles. The third-order valence-corrected chi connectivity index (χ3v) is 6.50. The molecule has 0 spiro atoms. The van der Waals surface area contributed by atoms with Crippen LogP contribution in [0.1, 0.15) is 80.5 Å². The van der Waals surface area contributed by atoms with Gasteiger partial charge in [-0.3, -0.25) is 4.79 Å². The van der Waals surface area contributed by atoms with Crippen molar-refractivity contribution in [3.05, 3.63) is 53.6 Å². The van der Waals surface area contributed by atoms with Crippen LogP contribution in [0.15, 0.2) is 36.7 Å². The molecule has 1 aliphatic heterocycles. The van der Waals surface area contributed by atoms with Gasteiger partial charge in [0.2, 0.25) is 0 Å². The van der Waals surface area contributed by atoms with Crippen LogP contribution in [0.5, 0.6) is 0 Å². The molecule has 0 unspecified atom stereocenters. The van der Waals surface area contributed by atoms with Crippen molar-refractivity contribution in [2.45, 2.75) is 70.8 Å². The molecule has 1 atom stereocenters. The lowest BCUT2D eigenvalue weighted by atomic mass is 9.85. The Kier molecular flexibility index (Phi) is 5.31. The number of hydrogen-bond acceptors (Lipinski definition) is 2. The van der Waals surface area contributed by atoms with Gasteiger partial charge in [-0.05, 0) is 54.7 Å². The molecule has 2 aliphatic rings. The average Bonchev–Trinajstić information content (AvgIpc) is 3.12. The van der Waals surface area contributed by atoms with Gasteiger partial charge in [0, 0.05) is 43.5 Å². The van der Waals surface area contributed by atoms with E-state index in [4.69, 9.17) is 0 Å². The van der Waals surface area contributed by atoms with E-state index in [1.807, 2.05) is 23.2 Å². The van der Waals surface area contributed by atoms with Gasteiger partial charge in [-0.15, -0.1) is 0 Å². The molecule has 4 rings (SSSR count). The Morgan fingerprint density at radius 2 is 1.86 bits per heavy atom. The largest absolute Gasteiger partial charge is 0.338 e. The Bertz CT molecular complexity index is 811. The topological polar surface area (TPSA) is 38.1 Å². The van der Waals surface area contributed by atoms with Gasteiger partial charge in [0.15, 0.2) is 0 Å². The summed E-state index contributed by atoms with van der Waals surface area (Å²) in [6, 6.07) is 8.17. The van der Waals surface area contributed by atoms with E-state index in [9.17, 15) is 4.79 Å². The summed E-state index contributed by atoms with van der Waals surface area (Å²) in [5.41, 5.74) is 2.17. The molecule has 0 bridgehead atoms. The highest BCUT2D eigenvalue weighted by molar-refractivity contribution is 5.94. The third kappa shape index (κ3) is 4.01. The second kappa shape index (κ2) is 7.73. The molecule has 0 N–H and O–H groups in total. The summed E-state index contributed by atoms with van der Waals surface area (Å²) in [5.74, 6) is 2.49. The van der Waals surface area contributed by atoms with Gasteiger partial charge >= 0.3 is 0 Å². The van der Waals surface area contributed by atoms with Gasteiger partial charge < -0.3 is 9.47 Å². The van der Waals surface area contributed by atoms with Crippen LogP contribution >= 0.6 is 0 Å². The molecule has 150 valence electrons. The van der Waals surface area contributed by atoms with Crippen molar-refractivity contribution >= 4 is 5.91 Å². The van der Waals surface area contributed by atoms with Crippen molar-refractivity contribution in [3.8, 4) is 0 Å². The number of hydrogen-bond donors (Lipinski definition) is 0. The second-order valence-electron chi connectivity index (χ2n) is 9.65. The molecule has 28 heavy (non-hydrogen) atoms. The number of nitrogens with zero attached hydrogens (tertiary/aromatic N) is 3. The van der Waals surface area contributed by atoms with E-state index >= 15 is 0 Å². The van der Waals surface area contributed by atoms with E-state index in [1.54, 1.807) is 0 Å². The minimum atomic E-state index is 0.106. The van der Waals surface area contributed by atoms with E-state index in [2.05, 4.69) is 48.7 Å². The Morgan fingerprint density at radius 1 is 1.11 bits per heavy atom. The summed E-state index contributed by atoms with van der Waals surface area (Å²) in [5, 5.41) is 0. The minimum absolute atomic E-state index is 0.106. The molecule has 4 heteroatoms. The van der Waals surface area contributed by atoms with Crippen molar-refractivity contribution < 1.29 is 4.79 Å². The van der Waals surface area contributed by atoms with Crippen LogP contribution in [-0.4, -0.2) is 33.4 Å². The third-order valence-electron chi connectivity index (χ3n) is 6.50. The summed E-state index contributed by atoms with van der Waals surface area (Å²) in [6.07, 6.45) is 10.3. The van der Waals surface area contributed by atoms with Crippen LogP contribution in [0.3, 0.4) is 0 Å². The van der Waals surface area contributed by atoms with Crippen molar-refractivity contribution in [3.63, 3.8) is 0 Å². The molecule has 4 nitrogen and oxygen atoms in total. The highest BCUT2D eigenvalue weighted by atomic mass is 16.2. The molecular weight excluding hydrogens is 346 g/mol. The van der Waals surface area contributed by atoms with Gasteiger partial charge in [-0.1, -0.05) is 39.3 Å². The zero-order chi connectivity index (χ0) is 19.7. The summed E-state index contributed by atoms with van der Waals surface area (Å²) in [4.78, 5) is 19.8.